The van der Waals surface area contributed by atoms with Crippen LogP contribution in [0.2, 0.25) is 0 Å². The first kappa shape index (κ1) is 13.6. The molecule has 1 atom stereocenters. The number of carbonyl (C=O) groups excluding carboxylic acids is 1. The Hall–Kier alpha value is -1.40. The third-order valence-electron chi connectivity index (χ3n) is 4.17. The Morgan fingerprint density at radius 3 is 3.25 bits per heavy atom. The van der Waals surface area contributed by atoms with Gasteiger partial charge in [-0.15, -0.1) is 0 Å². The van der Waals surface area contributed by atoms with Gasteiger partial charge in [-0.2, -0.15) is 0 Å². The number of aryl methyl sites for hydroxylation is 1. The molecule has 2 aliphatic heterocycles. The van der Waals surface area contributed by atoms with Crippen LogP contribution in [-0.2, 0) is 11.2 Å². The number of aromatic amines is 1. The summed E-state index contributed by atoms with van der Waals surface area (Å²) < 4.78 is 5.12. The maximum atomic E-state index is 11.9. The Morgan fingerprint density at radius 2 is 2.40 bits per heavy atom. The predicted molar refractivity (Wildman–Crippen MR) is 74.9 cm³/mol. The van der Waals surface area contributed by atoms with Crippen molar-refractivity contribution in [3.8, 4) is 0 Å². The molecule has 2 aliphatic rings. The van der Waals surface area contributed by atoms with Crippen molar-refractivity contribution in [3.05, 3.63) is 17.2 Å². The lowest BCUT2D eigenvalue weighted by Crippen LogP contribution is -2.25. The summed E-state index contributed by atoms with van der Waals surface area (Å²) >= 11 is 0. The molecule has 0 unspecified atom stereocenters. The Labute approximate surface area is 118 Å². The summed E-state index contributed by atoms with van der Waals surface area (Å²) in [5.41, 5.74) is 1.61. The lowest BCUT2D eigenvalue weighted by atomic mass is 10.1. The molecule has 0 radical (unpaired) electrons. The Balaban J connectivity index is 1.70. The van der Waals surface area contributed by atoms with E-state index in [9.17, 15) is 4.79 Å². The average Bonchev–Trinajstić information content (AvgIpc) is 3.04. The van der Waals surface area contributed by atoms with Crippen LogP contribution in [0.1, 0.15) is 40.8 Å². The second kappa shape index (κ2) is 5.93. The van der Waals surface area contributed by atoms with Gasteiger partial charge in [0.2, 0.25) is 0 Å². The molecular formula is C14H22N4O2. The van der Waals surface area contributed by atoms with Crippen LogP contribution in [0.3, 0.4) is 0 Å². The minimum absolute atomic E-state index is 0.0331. The van der Waals surface area contributed by atoms with Gasteiger partial charge in [0.25, 0.3) is 5.91 Å². The number of ether oxygens (including phenoxy) is 1. The van der Waals surface area contributed by atoms with Gasteiger partial charge in [0.1, 0.15) is 11.5 Å². The number of likely N-dealkylation sites (tertiary alicyclic amines) is 1. The number of imidazole rings is 1. The minimum Gasteiger partial charge on any atom is -0.383 e. The second-order valence-electron chi connectivity index (χ2n) is 5.59. The van der Waals surface area contributed by atoms with Crippen molar-refractivity contribution in [3.63, 3.8) is 0 Å². The maximum absolute atomic E-state index is 11.9. The molecular weight excluding hydrogens is 256 g/mol. The zero-order valence-electron chi connectivity index (χ0n) is 11.9. The van der Waals surface area contributed by atoms with E-state index in [0.717, 1.165) is 63.6 Å². The summed E-state index contributed by atoms with van der Waals surface area (Å²) in [6.45, 7) is 4.55. The van der Waals surface area contributed by atoms with Crippen LogP contribution < -0.4 is 5.32 Å². The first-order valence-electron chi connectivity index (χ1n) is 7.36. The number of amides is 1. The lowest BCUT2D eigenvalue weighted by molar-refractivity contribution is 0.0951. The molecule has 2 N–H and O–H groups in total. The number of hydrogen-bond acceptors (Lipinski definition) is 4. The maximum Gasteiger partial charge on any atom is 0.271 e. The van der Waals surface area contributed by atoms with E-state index in [1.165, 1.54) is 0 Å². The normalized spacial score (nSPS) is 23.4. The van der Waals surface area contributed by atoms with Crippen LogP contribution in [0.4, 0.5) is 0 Å². The topological polar surface area (TPSA) is 70.2 Å². The largest absolute Gasteiger partial charge is 0.383 e. The molecule has 6 heteroatoms. The van der Waals surface area contributed by atoms with Gasteiger partial charge in [0.05, 0.1) is 6.61 Å². The summed E-state index contributed by atoms with van der Waals surface area (Å²) in [4.78, 5) is 22.3. The number of fused-ring (bicyclic) bond motifs is 1. The number of hydrogen-bond donors (Lipinski definition) is 2. The minimum atomic E-state index is -0.0331. The Bertz CT molecular complexity index is 486. The number of carbonyl (C=O) groups is 1. The number of nitrogens with one attached hydrogen (secondary N) is 2. The summed E-state index contributed by atoms with van der Waals surface area (Å²) in [6.07, 6.45) is 2.98. The third kappa shape index (κ3) is 2.71. The predicted octanol–water partition coefficient (Wildman–Crippen LogP) is 0.521. The van der Waals surface area contributed by atoms with Gasteiger partial charge in [-0.25, -0.2) is 4.98 Å². The van der Waals surface area contributed by atoms with Gasteiger partial charge in [-0.1, -0.05) is 0 Å². The molecule has 0 bridgehead atoms. The van der Waals surface area contributed by atoms with Crippen molar-refractivity contribution in [2.45, 2.75) is 25.2 Å². The van der Waals surface area contributed by atoms with Crippen LogP contribution in [0.25, 0.3) is 0 Å². The van der Waals surface area contributed by atoms with E-state index in [4.69, 9.17) is 4.74 Å². The van der Waals surface area contributed by atoms with Gasteiger partial charge in [0.15, 0.2) is 0 Å². The number of methoxy groups -OCH3 is 1. The van der Waals surface area contributed by atoms with Gasteiger partial charge >= 0.3 is 0 Å². The van der Waals surface area contributed by atoms with E-state index >= 15 is 0 Å². The summed E-state index contributed by atoms with van der Waals surface area (Å²) in [5.74, 6) is 1.35. The highest BCUT2D eigenvalue weighted by Crippen LogP contribution is 2.26. The van der Waals surface area contributed by atoms with Gasteiger partial charge in [-0.05, 0) is 25.8 Å². The number of H-pyrrole nitrogens is 1. The molecule has 1 saturated heterocycles. The standard InChI is InChI=1S/C14H22N4O2/c1-20-8-7-18-6-4-10(9-18)13-16-11-3-2-5-15-14(19)12(11)17-13/h10H,2-9H2,1H3,(H,15,19)(H,16,17)/t10-/m1/s1. The van der Waals surface area contributed by atoms with Crippen molar-refractivity contribution in [2.24, 2.45) is 0 Å². The van der Waals surface area contributed by atoms with E-state index in [0.29, 0.717) is 11.6 Å². The van der Waals surface area contributed by atoms with E-state index in [1.807, 2.05) is 0 Å². The van der Waals surface area contributed by atoms with Gasteiger partial charge in [0, 0.05) is 38.4 Å². The van der Waals surface area contributed by atoms with Crippen LogP contribution in [0.15, 0.2) is 0 Å². The van der Waals surface area contributed by atoms with E-state index in [1.54, 1.807) is 7.11 Å². The third-order valence-corrected chi connectivity index (χ3v) is 4.17. The molecule has 3 heterocycles. The van der Waals surface area contributed by atoms with Gasteiger partial charge in [-0.3, -0.25) is 4.79 Å². The van der Waals surface area contributed by atoms with Crippen molar-refractivity contribution >= 4 is 5.91 Å². The summed E-state index contributed by atoms with van der Waals surface area (Å²) in [6, 6.07) is 0. The highest BCUT2D eigenvalue weighted by Gasteiger charge is 2.28. The fraction of sp³-hybridized carbons (Fsp3) is 0.714. The quantitative estimate of drug-likeness (QED) is 0.842. The smallest absolute Gasteiger partial charge is 0.271 e. The average molecular weight is 278 g/mol. The van der Waals surface area contributed by atoms with E-state index < -0.39 is 0 Å². The van der Waals surface area contributed by atoms with Gasteiger partial charge < -0.3 is 19.9 Å². The SMILES string of the molecule is COCCN1CC[C@@H](c2nc3c([nH]2)CCCNC3=O)C1. The molecule has 0 aromatic carbocycles. The van der Waals surface area contributed by atoms with Crippen molar-refractivity contribution < 1.29 is 9.53 Å². The molecule has 110 valence electrons. The number of aromatic nitrogens is 2. The second-order valence-corrected chi connectivity index (χ2v) is 5.59. The Morgan fingerprint density at radius 1 is 1.50 bits per heavy atom. The first-order valence-corrected chi connectivity index (χ1v) is 7.36. The molecule has 3 rings (SSSR count). The molecule has 1 aromatic heterocycles. The fourth-order valence-electron chi connectivity index (χ4n) is 3.02. The van der Waals surface area contributed by atoms with E-state index in [-0.39, 0.29) is 5.91 Å². The number of rotatable bonds is 4. The zero-order valence-corrected chi connectivity index (χ0v) is 11.9. The van der Waals surface area contributed by atoms with Crippen LogP contribution in [0, 0.1) is 0 Å². The van der Waals surface area contributed by atoms with Crippen LogP contribution in [-0.4, -0.2) is 60.7 Å². The molecule has 0 aliphatic carbocycles. The van der Waals surface area contributed by atoms with Crippen molar-refractivity contribution in [2.75, 3.05) is 39.9 Å². The molecule has 6 nitrogen and oxygen atoms in total. The lowest BCUT2D eigenvalue weighted by Gasteiger charge is -2.14. The monoisotopic (exact) mass is 278 g/mol. The summed E-state index contributed by atoms with van der Waals surface area (Å²) in [7, 11) is 1.73. The Kier molecular flexibility index (Phi) is 4.03. The van der Waals surface area contributed by atoms with Crippen LogP contribution >= 0.6 is 0 Å². The summed E-state index contributed by atoms with van der Waals surface area (Å²) in [5, 5.41) is 2.89. The highest BCUT2D eigenvalue weighted by atomic mass is 16.5. The molecule has 1 fully saturated rings. The highest BCUT2D eigenvalue weighted by molar-refractivity contribution is 5.93. The fourth-order valence-corrected chi connectivity index (χ4v) is 3.02. The van der Waals surface area contributed by atoms with Crippen molar-refractivity contribution in [1.82, 2.24) is 20.2 Å². The van der Waals surface area contributed by atoms with Crippen LogP contribution in [0.5, 0.6) is 0 Å². The first-order chi connectivity index (χ1) is 9.78. The molecule has 0 saturated carbocycles. The van der Waals surface area contributed by atoms with Crippen molar-refractivity contribution in [1.29, 1.82) is 0 Å². The molecule has 20 heavy (non-hydrogen) atoms. The molecule has 1 amide bonds. The molecule has 0 spiro atoms. The number of nitrogens with zero attached hydrogens (tertiary/aromatic N) is 2. The molecule has 1 aromatic rings. The zero-order chi connectivity index (χ0) is 13.9. The van der Waals surface area contributed by atoms with E-state index in [2.05, 4.69) is 20.2 Å².